The van der Waals surface area contributed by atoms with Gasteiger partial charge in [0.2, 0.25) is 0 Å². The second-order valence-corrected chi connectivity index (χ2v) is 4.41. The van der Waals surface area contributed by atoms with Crippen LogP contribution >= 0.6 is 11.6 Å². The Balaban J connectivity index is 2.65. The summed E-state index contributed by atoms with van der Waals surface area (Å²) in [6.45, 7) is 3.88. The molecule has 0 aliphatic heterocycles. The van der Waals surface area contributed by atoms with Crippen molar-refractivity contribution in [2.45, 2.75) is 19.8 Å². The lowest BCUT2D eigenvalue weighted by atomic mass is 10.1. The maximum Gasteiger partial charge on any atom is 0.169 e. The molecule has 0 fully saturated rings. The molecule has 0 aliphatic rings. The van der Waals surface area contributed by atoms with Crippen molar-refractivity contribution in [3.05, 3.63) is 34.7 Å². The van der Waals surface area contributed by atoms with E-state index >= 15 is 0 Å². The molecular formula is C11H12ClFN4. The number of hydrogen-bond acceptors (Lipinski definition) is 3. The van der Waals surface area contributed by atoms with Crippen LogP contribution in [0.1, 0.15) is 25.5 Å². The lowest BCUT2D eigenvalue weighted by Gasteiger charge is -2.10. The van der Waals surface area contributed by atoms with E-state index in [9.17, 15) is 4.39 Å². The van der Waals surface area contributed by atoms with E-state index in [1.54, 1.807) is 12.1 Å². The summed E-state index contributed by atoms with van der Waals surface area (Å²) in [5, 5.41) is 7.67. The van der Waals surface area contributed by atoms with Gasteiger partial charge in [0.15, 0.2) is 11.6 Å². The zero-order valence-electron chi connectivity index (χ0n) is 9.48. The second-order valence-electron chi connectivity index (χ2n) is 4.00. The van der Waals surface area contributed by atoms with Crippen molar-refractivity contribution >= 4 is 17.4 Å². The first kappa shape index (κ1) is 11.9. The summed E-state index contributed by atoms with van der Waals surface area (Å²) in [5.74, 6) is -0.135. The molecule has 0 amide bonds. The number of hydrogen-bond donors (Lipinski definition) is 1. The van der Waals surface area contributed by atoms with E-state index < -0.39 is 5.82 Å². The second kappa shape index (κ2) is 4.33. The fourth-order valence-electron chi connectivity index (χ4n) is 1.68. The van der Waals surface area contributed by atoms with Crippen LogP contribution in [0.4, 0.5) is 10.2 Å². The number of nitrogen functional groups attached to an aromatic ring is 1. The van der Waals surface area contributed by atoms with Crippen LogP contribution in [-0.4, -0.2) is 15.0 Å². The van der Waals surface area contributed by atoms with Gasteiger partial charge < -0.3 is 5.73 Å². The Hall–Kier alpha value is -1.62. The molecular weight excluding hydrogens is 243 g/mol. The van der Waals surface area contributed by atoms with Crippen LogP contribution in [-0.2, 0) is 0 Å². The monoisotopic (exact) mass is 254 g/mol. The first-order chi connectivity index (χ1) is 8.02. The molecule has 0 bridgehead atoms. The van der Waals surface area contributed by atoms with Crippen LogP contribution in [0.15, 0.2) is 18.2 Å². The summed E-state index contributed by atoms with van der Waals surface area (Å²) in [7, 11) is 0. The molecule has 2 rings (SSSR count). The number of rotatable bonds is 2. The van der Waals surface area contributed by atoms with E-state index in [2.05, 4.69) is 10.3 Å². The molecule has 0 spiro atoms. The highest BCUT2D eigenvalue weighted by Crippen LogP contribution is 2.26. The van der Waals surface area contributed by atoms with Gasteiger partial charge in [-0.05, 0) is 18.1 Å². The molecule has 17 heavy (non-hydrogen) atoms. The molecule has 0 atom stereocenters. The molecule has 1 heterocycles. The highest BCUT2D eigenvalue weighted by Gasteiger charge is 2.18. The summed E-state index contributed by atoms with van der Waals surface area (Å²) >= 11 is 5.73. The van der Waals surface area contributed by atoms with Crippen molar-refractivity contribution in [1.29, 1.82) is 0 Å². The first-order valence-electron chi connectivity index (χ1n) is 5.17. The minimum Gasteiger partial charge on any atom is -0.381 e. The van der Waals surface area contributed by atoms with Crippen molar-refractivity contribution in [3.8, 4) is 5.69 Å². The number of halogens is 2. The average Bonchev–Trinajstić information content (AvgIpc) is 2.64. The number of anilines is 1. The SMILES string of the molecule is CC(C)c1c(N)nnn1-c1cccc(Cl)c1F. The highest BCUT2D eigenvalue weighted by molar-refractivity contribution is 6.30. The van der Waals surface area contributed by atoms with Gasteiger partial charge in [-0.2, -0.15) is 0 Å². The smallest absolute Gasteiger partial charge is 0.169 e. The lowest BCUT2D eigenvalue weighted by molar-refractivity contribution is 0.598. The third-order valence-corrected chi connectivity index (χ3v) is 2.73. The fourth-order valence-corrected chi connectivity index (χ4v) is 1.84. The van der Waals surface area contributed by atoms with Gasteiger partial charge in [0, 0.05) is 0 Å². The van der Waals surface area contributed by atoms with Gasteiger partial charge in [0.1, 0.15) is 5.69 Å². The predicted molar refractivity (Wildman–Crippen MR) is 64.8 cm³/mol. The molecule has 0 radical (unpaired) electrons. The van der Waals surface area contributed by atoms with E-state index in [4.69, 9.17) is 17.3 Å². The van der Waals surface area contributed by atoms with Crippen LogP contribution in [0.5, 0.6) is 0 Å². The molecule has 2 N–H and O–H groups in total. The number of benzene rings is 1. The molecule has 2 aromatic rings. The molecule has 0 aliphatic carbocycles. The fraction of sp³-hybridized carbons (Fsp3) is 0.273. The Kier molecular flexibility index (Phi) is 3.02. The Morgan fingerprint density at radius 3 is 2.76 bits per heavy atom. The van der Waals surface area contributed by atoms with Crippen molar-refractivity contribution in [1.82, 2.24) is 15.0 Å². The Bertz CT molecular complexity index is 550. The Morgan fingerprint density at radius 1 is 1.41 bits per heavy atom. The minimum absolute atomic E-state index is 0.0475. The maximum absolute atomic E-state index is 13.9. The Morgan fingerprint density at radius 2 is 2.12 bits per heavy atom. The van der Waals surface area contributed by atoms with Gasteiger partial charge in [0.05, 0.1) is 10.7 Å². The summed E-state index contributed by atoms with van der Waals surface area (Å²) < 4.78 is 15.3. The Labute approximate surface area is 103 Å². The average molecular weight is 255 g/mol. The highest BCUT2D eigenvalue weighted by atomic mass is 35.5. The van der Waals surface area contributed by atoms with E-state index in [0.717, 1.165) is 0 Å². The van der Waals surface area contributed by atoms with Crippen LogP contribution in [0.2, 0.25) is 5.02 Å². The van der Waals surface area contributed by atoms with Crippen LogP contribution in [0, 0.1) is 5.82 Å². The predicted octanol–water partition coefficient (Wildman–Crippen LogP) is 2.77. The standard InChI is InChI=1S/C11H12ClFN4/c1-6(2)10-11(14)15-16-17(10)8-5-3-4-7(12)9(8)13/h3-6H,14H2,1-2H3. The molecule has 90 valence electrons. The van der Waals surface area contributed by atoms with Gasteiger partial charge >= 0.3 is 0 Å². The van der Waals surface area contributed by atoms with Crippen molar-refractivity contribution in [2.24, 2.45) is 0 Å². The number of nitrogens with two attached hydrogens (primary N) is 1. The normalized spacial score (nSPS) is 11.1. The van der Waals surface area contributed by atoms with E-state index in [-0.39, 0.29) is 16.6 Å². The quantitative estimate of drug-likeness (QED) is 0.897. The van der Waals surface area contributed by atoms with E-state index in [1.807, 2.05) is 13.8 Å². The summed E-state index contributed by atoms with van der Waals surface area (Å²) in [5.41, 5.74) is 6.65. The lowest BCUT2D eigenvalue weighted by Crippen LogP contribution is -2.07. The molecule has 6 heteroatoms. The van der Waals surface area contributed by atoms with Crippen molar-refractivity contribution < 1.29 is 4.39 Å². The largest absolute Gasteiger partial charge is 0.381 e. The molecule has 0 saturated carbocycles. The molecule has 1 aromatic heterocycles. The minimum atomic E-state index is -0.527. The van der Waals surface area contributed by atoms with Gasteiger partial charge in [-0.3, -0.25) is 0 Å². The molecule has 1 aromatic carbocycles. The van der Waals surface area contributed by atoms with Gasteiger partial charge in [-0.1, -0.05) is 36.7 Å². The zero-order valence-corrected chi connectivity index (χ0v) is 10.2. The number of aromatic nitrogens is 3. The third kappa shape index (κ3) is 1.98. The summed E-state index contributed by atoms with van der Waals surface area (Å²) in [6.07, 6.45) is 0. The summed E-state index contributed by atoms with van der Waals surface area (Å²) in [4.78, 5) is 0. The zero-order chi connectivity index (χ0) is 12.6. The van der Waals surface area contributed by atoms with Gasteiger partial charge in [0.25, 0.3) is 0 Å². The maximum atomic E-state index is 13.9. The van der Waals surface area contributed by atoms with Gasteiger partial charge in [-0.25, -0.2) is 9.07 Å². The van der Waals surface area contributed by atoms with Gasteiger partial charge in [-0.15, -0.1) is 5.10 Å². The molecule has 4 nitrogen and oxygen atoms in total. The molecule has 0 unspecified atom stereocenters. The van der Waals surface area contributed by atoms with Crippen LogP contribution in [0.3, 0.4) is 0 Å². The molecule has 0 saturated heterocycles. The van der Waals surface area contributed by atoms with E-state index in [1.165, 1.54) is 10.7 Å². The van der Waals surface area contributed by atoms with Crippen molar-refractivity contribution in [2.75, 3.05) is 5.73 Å². The first-order valence-corrected chi connectivity index (χ1v) is 5.55. The number of nitrogens with zero attached hydrogens (tertiary/aromatic N) is 3. The topological polar surface area (TPSA) is 56.7 Å². The van der Waals surface area contributed by atoms with Crippen LogP contribution < -0.4 is 5.73 Å². The van der Waals surface area contributed by atoms with E-state index in [0.29, 0.717) is 11.5 Å². The summed E-state index contributed by atoms with van der Waals surface area (Å²) in [6, 6.07) is 4.72. The van der Waals surface area contributed by atoms with Crippen molar-refractivity contribution in [3.63, 3.8) is 0 Å². The van der Waals surface area contributed by atoms with Crippen LogP contribution in [0.25, 0.3) is 5.69 Å². The third-order valence-electron chi connectivity index (χ3n) is 2.44.